The predicted molar refractivity (Wildman–Crippen MR) is 99.5 cm³/mol. The Bertz CT molecular complexity index is 636. The first-order chi connectivity index (χ1) is 10.1. The van der Waals surface area contributed by atoms with Crippen LogP contribution in [-0.4, -0.2) is 6.61 Å². The number of ether oxygens (including phenoxy) is 1. The Hall–Kier alpha value is -0.970. The Balaban J connectivity index is 2.30. The maximum absolute atomic E-state index is 5.56. The molecule has 0 bridgehead atoms. The molecule has 0 atom stereocenters. The third-order valence-corrected chi connectivity index (χ3v) is 5.13. The van der Waals surface area contributed by atoms with Crippen LogP contribution in [0.4, 0.5) is 0 Å². The van der Waals surface area contributed by atoms with Crippen molar-refractivity contribution in [3.05, 3.63) is 63.9 Å². The van der Waals surface area contributed by atoms with E-state index >= 15 is 0 Å². The fourth-order valence-electron chi connectivity index (χ4n) is 1.88. The average Bonchev–Trinajstić information content (AvgIpc) is 2.50. The zero-order valence-electron chi connectivity index (χ0n) is 12.0. The van der Waals surface area contributed by atoms with Gasteiger partial charge in [0.25, 0.3) is 0 Å². The lowest BCUT2D eigenvalue weighted by Gasteiger charge is -2.11. The van der Waals surface area contributed by atoms with E-state index in [-0.39, 0.29) is 0 Å². The lowest BCUT2D eigenvalue weighted by atomic mass is 10.1. The van der Waals surface area contributed by atoms with Gasteiger partial charge >= 0.3 is 0 Å². The molecule has 0 aliphatic rings. The summed E-state index contributed by atoms with van der Waals surface area (Å²) in [7, 11) is 0. The van der Waals surface area contributed by atoms with Crippen LogP contribution in [0.1, 0.15) is 18.1 Å². The van der Waals surface area contributed by atoms with E-state index in [9.17, 15) is 0 Å². The molecule has 0 fully saturated rings. The minimum Gasteiger partial charge on any atom is -0.494 e. The molecule has 0 radical (unpaired) electrons. The van der Waals surface area contributed by atoms with Crippen molar-refractivity contribution >= 4 is 41.9 Å². The van der Waals surface area contributed by atoms with E-state index in [0.29, 0.717) is 6.61 Å². The Kier molecular flexibility index (Phi) is 6.15. The smallest absolute Gasteiger partial charge is 0.119 e. The van der Waals surface area contributed by atoms with Gasteiger partial charge in [0.2, 0.25) is 0 Å². The quantitative estimate of drug-likeness (QED) is 0.538. The van der Waals surface area contributed by atoms with Crippen molar-refractivity contribution in [3.8, 4) is 5.75 Å². The molecule has 0 aromatic heterocycles. The van der Waals surface area contributed by atoms with E-state index < -0.39 is 0 Å². The first-order valence-corrected chi connectivity index (χ1v) is 8.42. The van der Waals surface area contributed by atoms with Crippen molar-refractivity contribution in [2.45, 2.75) is 18.7 Å². The van der Waals surface area contributed by atoms with E-state index in [1.807, 2.05) is 43.3 Å². The highest BCUT2D eigenvalue weighted by Crippen LogP contribution is 2.38. The van der Waals surface area contributed by atoms with Crippen molar-refractivity contribution in [1.82, 2.24) is 0 Å². The van der Waals surface area contributed by atoms with Gasteiger partial charge in [-0.1, -0.05) is 36.0 Å². The molecule has 0 heterocycles. The van der Waals surface area contributed by atoms with E-state index in [0.717, 1.165) is 30.9 Å². The predicted octanol–water partition coefficient (Wildman–Crippen LogP) is 5.67. The molecule has 0 saturated heterocycles. The molecule has 2 rings (SSSR count). The zero-order valence-corrected chi connectivity index (χ0v) is 14.6. The lowest BCUT2D eigenvalue weighted by Crippen LogP contribution is -1.93. The zero-order chi connectivity index (χ0) is 15.2. The van der Waals surface area contributed by atoms with Gasteiger partial charge < -0.3 is 4.74 Å². The second-order valence-corrected chi connectivity index (χ2v) is 6.76. The molecular weight excluding hydrogens is 316 g/mol. The topological polar surface area (TPSA) is 9.23 Å². The number of aryl methyl sites for hydroxylation is 1. The van der Waals surface area contributed by atoms with Crippen molar-refractivity contribution in [2.24, 2.45) is 0 Å². The first-order valence-electron chi connectivity index (χ1n) is 6.70. The van der Waals surface area contributed by atoms with Crippen LogP contribution in [0.2, 0.25) is 0 Å². The van der Waals surface area contributed by atoms with Crippen LogP contribution >= 0.6 is 37.0 Å². The molecular formula is C17H18OS3. The van der Waals surface area contributed by atoms with Gasteiger partial charge in [-0.15, -0.1) is 25.3 Å². The van der Waals surface area contributed by atoms with E-state index in [1.54, 1.807) is 11.8 Å². The molecule has 0 aliphatic heterocycles. The van der Waals surface area contributed by atoms with Crippen LogP contribution in [0, 0.1) is 6.92 Å². The fourth-order valence-corrected chi connectivity index (χ4v) is 3.41. The molecule has 110 valence electrons. The summed E-state index contributed by atoms with van der Waals surface area (Å²) in [5.41, 5.74) is 2.21. The molecule has 0 unspecified atom stereocenters. The number of thiol groups is 2. The molecule has 0 N–H and O–H groups in total. The third-order valence-electron chi connectivity index (χ3n) is 2.94. The van der Waals surface area contributed by atoms with Gasteiger partial charge in [-0.25, -0.2) is 0 Å². The summed E-state index contributed by atoms with van der Waals surface area (Å²) in [4.78, 5) is 2.01. The van der Waals surface area contributed by atoms with E-state index in [4.69, 9.17) is 4.74 Å². The Labute approximate surface area is 141 Å². The highest BCUT2D eigenvalue weighted by Gasteiger charge is 2.09. The highest BCUT2D eigenvalue weighted by atomic mass is 32.2. The minimum atomic E-state index is 0.653. The molecule has 21 heavy (non-hydrogen) atoms. The third kappa shape index (κ3) is 4.50. The van der Waals surface area contributed by atoms with Gasteiger partial charge in [0.1, 0.15) is 5.75 Å². The second kappa shape index (κ2) is 7.87. The molecule has 2 aromatic carbocycles. The van der Waals surface area contributed by atoms with Gasteiger partial charge in [-0.05, 0) is 49.2 Å². The summed E-state index contributed by atoms with van der Waals surface area (Å²) in [6.45, 7) is 4.70. The van der Waals surface area contributed by atoms with Crippen LogP contribution in [0.25, 0.3) is 4.91 Å². The molecule has 1 nitrogen and oxygen atoms in total. The maximum atomic E-state index is 5.56. The second-order valence-electron chi connectivity index (χ2n) is 4.48. The molecule has 0 amide bonds. The molecule has 0 spiro atoms. The van der Waals surface area contributed by atoms with Crippen LogP contribution in [0.15, 0.2) is 57.7 Å². The monoisotopic (exact) mass is 334 g/mol. The summed E-state index contributed by atoms with van der Waals surface area (Å²) >= 11 is 10.9. The van der Waals surface area contributed by atoms with Crippen molar-refractivity contribution < 1.29 is 4.74 Å². The average molecular weight is 335 g/mol. The summed E-state index contributed by atoms with van der Waals surface area (Å²) in [5.74, 6) is 0.857. The molecule has 4 heteroatoms. The minimum absolute atomic E-state index is 0.653. The van der Waals surface area contributed by atoms with Gasteiger partial charge in [0, 0.05) is 9.80 Å². The van der Waals surface area contributed by atoms with Crippen molar-refractivity contribution in [2.75, 3.05) is 6.61 Å². The maximum Gasteiger partial charge on any atom is 0.119 e. The van der Waals surface area contributed by atoms with Gasteiger partial charge in [0.05, 0.1) is 10.8 Å². The van der Waals surface area contributed by atoms with Crippen LogP contribution in [0.5, 0.6) is 5.75 Å². The molecule has 2 aromatic rings. The summed E-state index contributed by atoms with van der Waals surface area (Å²) in [5, 5.41) is 0. The van der Waals surface area contributed by atoms with Crippen LogP contribution in [0.3, 0.4) is 0 Å². The lowest BCUT2D eigenvalue weighted by molar-refractivity contribution is 0.340. The summed E-state index contributed by atoms with van der Waals surface area (Å²) in [6, 6.07) is 16.2. The standard InChI is InChI=1S/C17H18OS3/c1-3-18-13-10-9-12(2)15(11-13)16(19)17(20)21-14-7-5-4-6-8-14/h4-11,19-20H,3H2,1-2H3/b17-16+. The summed E-state index contributed by atoms with van der Waals surface area (Å²) < 4.78 is 6.44. The number of thioether (sulfide) groups is 1. The first kappa shape index (κ1) is 16.4. The Morgan fingerprint density at radius 1 is 1.10 bits per heavy atom. The molecule has 0 saturated carbocycles. The molecule has 0 aliphatic carbocycles. The number of hydrogen-bond donors (Lipinski definition) is 2. The van der Waals surface area contributed by atoms with E-state index in [2.05, 4.69) is 44.3 Å². The Morgan fingerprint density at radius 2 is 1.81 bits per heavy atom. The fraction of sp³-hybridized carbons (Fsp3) is 0.176. The van der Waals surface area contributed by atoms with Crippen LogP contribution in [-0.2, 0) is 0 Å². The van der Waals surface area contributed by atoms with E-state index in [1.165, 1.54) is 0 Å². The van der Waals surface area contributed by atoms with Crippen molar-refractivity contribution in [3.63, 3.8) is 0 Å². The Morgan fingerprint density at radius 3 is 2.48 bits per heavy atom. The summed E-state index contributed by atoms with van der Waals surface area (Å²) in [6.07, 6.45) is 0. The van der Waals surface area contributed by atoms with Gasteiger partial charge in [-0.2, -0.15) is 0 Å². The number of rotatable bonds is 5. The number of benzene rings is 2. The SMILES string of the molecule is CCOc1ccc(C)c(/C(S)=C(/S)Sc2ccccc2)c1. The largest absolute Gasteiger partial charge is 0.494 e. The van der Waals surface area contributed by atoms with Gasteiger partial charge in [-0.3, -0.25) is 0 Å². The van der Waals surface area contributed by atoms with Crippen LogP contribution < -0.4 is 4.74 Å². The van der Waals surface area contributed by atoms with Crippen molar-refractivity contribution in [1.29, 1.82) is 0 Å². The number of hydrogen-bond acceptors (Lipinski definition) is 4. The highest BCUT2D eigenvalue weighted by molar-refractivity contribution is 8.17. The normalized spacial score (nSPS) is 12.0. The van der Waals surface area contributed by atoms with Gasteiger partial charge in [0.15, 0.2) is 0 Å².